The molecule has 4 rings (SSSR count). The average Bonchev–Trinajstić information content (AvgIpc) is 2.76. The SMILES string of the molecule is O=C(N/N=C/c1cc(Br)ccc1F)c1cc(-c2ccccc2)nc2ccccc12. The predicted molar refractivity (Wildman–Crippen MR) is 116 cm³/mol. The molecule has 1 amide bonds. The van der Waals surface area contributed by atoms with Gasteiger partial charge in [0, 0.05) is 21.0 Å². The van der Waals surface area contributed by atoms with Crippen LogP contribution in [0.3, 0.4) is 0 Å². The number of rotatable bonds is 4. The predicted octanol–water partition coefficient (Wildman–Crippen LogP) is 5.57. The number of hydrogen-bond acceptors (Lipinski definition) is 3. The fourth-order valence-electron chi connectivity index (χ4n) is 2.95. The third-order valence-electron chi connectivity index (χ3n) is 4.36. The van der Waals surface area contributed by atoms with E-state index in [1.807, 2.05) is 54.6 Å². The number of amides is 1. The molecule has 6 heteroatoms. The number of fused-ring (bicyclic) bond motifs is 1. The van der Waals surface area contributed by atoms with Gasteiger partial charge in [0.2, 0.25) is 0 Å². The summed E-state index contributed by atoms with van der Waals surface area (Å²) in [6, 6.07) is 23.3. The van der Waals surface area contributed by atoms with Gasteiger partial charge in [-0.3, -0.25) is 4.79 Å². The van der Waals surface area contributed by atoms with Gasteiger partial charge in [-0.2, -0.15) is 5.10 Å². The van der Waals surface area contributed by atoms with Crippen LogP contribution in [0.2, 0.25) is 0 Å². The molecule has 0 radical (unpaired) electrons. The van der Waals surface area contributed by atoms with Gasteiger partial charge in [0.1, 0.15) is 5.82 Å². The van der Waals surface area contributed by atoms with Crippen LogP contribution in [0, 0.1) is 5.82 Å². The lowest BCUT2D eigenvalue weighted by atomic mass is 10.0. The van der Waals surface area contributed by atoms with Gasteiger partial charge in [-0.1, -0.05) is 64.5 Å². The number of halogens is 2. The van der Waals surface area contributed by atoms with E-state index >= 15 is 0 Å². The molecular formula is C23H15BrFN3O. The highest BCUT2D eigenvalue weighted by Crippen LogP contribution is 2.24. The van der Waals surface area contributed by atoms with Crippen molar-refractivity contribution < 1.29 is 9.18 Å². The molecule has 142 valence electrons. The van der Waals surface area contributed by atoms with Crippen molar-refractivity contribution in [2.45, 2.75) is 0 Å². The minimum absolute atomic E-state index is 0.268. The molecule has 0 spiro atoms. The normalized spacial score (nSPS) is 11.1. The molecule has 4 aromatic rings. The quantitative estimate of drug-likeness (QED) is 0.328. The van der Waals surface area contributed by atoms with Crippen LogP contribution in [0.5, 0.6) is 0 Å². The second-order valence-corrected chi connectivity index (χ2v) is 7.22. The molecule has 0 aliphatic rings. The number of hydrogen-bond donors (Lipinski definition) is 1. The van der Waals surface area contributed by atoms with Crippen molar-refractivity contribution in [3.63, 3.8) is 0 Å². The number of nitrogens with one attached hydrogen (secondary N) is 1. The Balaban J connectivity index is 1.68. The topological polar surface area (TPSA) is 54.4 Å². The molecule has 3 aromatic carbocycles. The Kier molecular flexibility index (Phi) is 5.44. The Hall–Kier alpha value is -3.38. The van der Waals surface area contributed by atoms with Crippen LogP contribution in [-0.4, -0.2) is 17.1 Å². The first-order valence-electron chi connectivity index (χ1n) is 8.85. The summed E-state index contributed by atoms with van der Waals surface area (Å²) in [6.45, 7) is 0. The molecule has 0 bridgehead atoms. The molecule has 0 atom stereocenters. The molecule has 0 saturated heterocycles. The van der Waals surface area contributed by atoms with E-state index in [0.29, 0.717) is 22.2 Å². The summed E-state index contributed by atoms with van der Waals surface area (Å²) in [5.74, 6) is -0.820. The molecule has 1 aromatic heterocycles. The number of aromatic nitrogens is 1. The lowest BCUT2D eigenvalue weighted by molar-refractivity contribution is 0.0956. The van der Waals surface area contributed by atoms with Gasteiger partial charge in [0.15, 0.2) is 0 Å². The first kappa shape index (κ1) is 19.0. The van der Waals surface area contributed by atoms with Crippen molar-refractivity contribution in [1.29, 1.82) is 0 Å². The molecule has 0 saturated carbocycles. The fraction of sp³-hybridized carbons (Fsp3) is 0. The second-order valence-electron chi connectivity index (χ2n) is 6.30. The van der Waals surface area contributed by atoms with Gasteiger partial charge in [-0.15, -0.1) is 0 Å². The zero-order valence-electron chi connectivity index (χ0n) is 15.1. The number of para-hydroxylation sites is 1. The number of benzene rings is 3. The maximum absolute atomic E-state index is 13.8. The van der Waals surface area contributed by atoms with Gasteiger partial charge < -0.3 is 0 Å². The highest BCUT2D eigenvalue weighted by molar-refractivity contribution is 9.10. The van der Waals surface area contributed by atoms with E-state index < -0.39 is 11.7 Å². The van der Waals surface area contributed by atoms with Crippen LogP contribution in [0.15, 0.2) is 88.4 Å². The maximum Gasteiger partial charge on any atom is 0.272 e. The Bertz CT molecular complexity index is 1230. The first-order chi connectivity index (χ1) is 14.1. The lowest BCUT2D eigenvalue weighted by Gasteiger charge is -2.09. The van der Waals surface area contributed by atoms with Crippen LogP contribution in [0.1, 0.15) is 15.9 Å². The Morgan fingerprint density at radius 3 is 2.59 bits per heavy atom. The molecule has 0 aliphatic heterocycles. The molecule has 1 heterocycles. The number of nitrogens with zero attached hydrogens (tertiary/aromatic N) is 2. The third-order valence-corrected chi connectivity index (χ3v) is 4.85. The van der Waals surface area contributed by atoms with Crippen molar-refractivity contribution in [2.75, 3.05) is 0 Å². The van der Waals surface area contributed by atoms with E-state index in [9.17, 15) is 9.18 Å². The van der Waals surface area contributed by atoms with Crippen molar-refractivity contribution in [1.82, 2.24) is 10.4 Å². The van der Waals surface area contributed by atoms with Crippen LogP contribution < -0.4 is 5.43 Å². The first-order valence-corrected chi connectivity index (χ1v) is 9.65. The summed E-state index contributed by atoms with van der Waals surface area (Å²) in [5, 5.41) is 4.64. The third kappa shape index (κ3) is 4.22. The summed E-state index contributed by atoms with van der Waals surface area (Å²) in [4.78, 5) is 17.5. The van der Waals surface area contributed by atoms with E-state index in [1.165, 1.54) is 12.3 Å². The molecule has 0 unspecified atom stereocenters. The van der Waals surface area contributed by atoms with Crippen LogP contribution in [0.25, 0.3) is 22.2 Å². The van der Waals surface area contributed by atoms with Crippen molar-refractivity contribution >= 4 is 39.0 Å². The molecular weight excluding hydrogens is 433 g/mol. The minimum Gasteiger partial charge on any atom is -0.267 e. The molecule has 29 heavy (non-hydrogen) atoms. The summed E-state index contributed by atoms with van der Waals surface area (Å²) in [6.07, 6.45) is 1.28. The second kappa shape index (κ2) is 8.32. The smallest absolute Gasteiger partial charge is 0.267 e. The number of hydrazone groups is 1. The Labute approximate surface area is 175 Å². The zero-order valence-corrected chi connectivity index (χ0v) is 16.7. The summed E-state index contributed by atoms with van der Waals surface area (Å²) < 4.78 is 14.6. The van der Waals surface area contributed by atoms with Crippen LogP contribution in [-0.2, 0) is 0 Å². The lowest BCUT2D eigenvalue weighted by Crippen LogP contribution is -2.18. The van der Waals surface area contributed by atoms with Crippen LogP contribution >= 0.6 is 15.9 Å². The Morgan fingerprint density at radius 2 is 1.76 bits per heavy atom. The monoisotopic (exact) mass is 447 g/mol. The van der Waals surface area contributed by atoms with E-state index in [0.717, 1.165) is 10.0 Å². The molecule has 0 aliphatic carbocycles. The zero-order chi connectivity index (χ0) is 20.2. The van der Waals surface area contributed by atoms with Crippen molar-refractivity contribution in [3.8, 4) is 11.3 Å². The van der Waals surface area contributed by atoms with E-state index in [1.54, 1.807) is 18.2 Å². The summed E-state index contributed by atoms with van der Waals surface area (Å²) in [5.41, 5.74) is 5.51. The Morgan fingerprint density at radius 1 is 1.00 bits per heavy atom. The maximum atomic E-state index is 13.8. The summed E-state index contributed by atoms with van der Waals surface area (Å²) >= 11 is 3.29. The highest BCUT2D eigenvalue weighted by atomic mass is 79.9. The average molecular weight is 448 g/mol. The standard InChI is InChI=1S/C23H15BrFN3O/c24-17-10-11-20(25)16(12-17)14-26-28-23(29)19-13-22(15-6-2-1-3-7-15)27-21-9-5-4-8-18(19)21/h1-14H,(H,28,29)/b26-14+. The van der Waals surface area contributed by atoms with E-state index in [2.05, 4.69) is 31.4 Å². The van der Waals surface area contributed by atoms with Crippen LogP contribution in [0.4, 0.5) is 4.39 Å². The van der Waals surface area contributed by atoms with Gasteiger partial charge >= 0.3 is 0 Å². The molecule has 4 nitrogen and oxygen atoms in total. The number of carbonyl (C=O) groups is 1. The minimum atomic E-state index is -0.424. The summed E-state index contributed by atoms with van der Waals surface area (Å²) in [7, 11) is 0. The van der Waals surface area contributed by atoms with Gasteiger partial charge in [0.25, 0.3) is 5.91 Å². The fourth-order valence-corrected chi connectivity index (χ4v) is 3.33. The van der Waals surface area contributed by atoms with Crippen molar-refractivity contribution in [2.24, 2.45) is 5.10 Å². The van der Waals surface area contributed by atoms with E-state index in [4.69, 9.17) is 0 Å². The van der Waals surface area contributed by atoms with Gasteiger partial charge in [-0.05, 0) is 30.3 Å². The molecule has 0 fully saturated rings. The van der Waals surface area contributed by atoms with E-state index in [-0.39, 0.29) is 5.56 Å². The van der Waals surface area contributed by atoms with Gasteiger partial charge in [-0.25, -0.2) is 14.8 Å². The molecule has 1 N–H and O–H groups in total. The highest BCUT2D eigenvalue weighted by Gasteiger charge is 2.13. The number of pyridine rings is 1. The van der Waals surface area contributed by atoms with Crippen molar-refractivity contribution in [3.05, 3.63) is 100 Å². The van der Waals surface area contributed by atoms with Gasteiger partial charge in [0.05, 0.1) is 23.0 Å². The largest absolute Gasteiger partial charge is 0.272 e. The number of carbonyl (C=O) groups excluding carboxylic acids is 1.